The van der Waals surface area contributed by atoms with Gasteiger partial charge in [-0.1, -0.05) is 39.0 Å². The van der Waals surface area contributed by atoms with Crippen LogP contribution >= 0.6 is 0 Å². The molecule has 0 aliphatic carbocycles. The molecule has 0 amide bonds. The summed E-state index contributed by atoms with van der Waals surface area (Å²) in [6.07, 6.45) is 1.73. The van der Waals surface area contributed by atoms with Crippen LogP contribution in [0, 0.1) is 0 Å². The van der Waals surface area contributed by atoms with Crippen molar-refractivity contribution in [3.63, 3.8) is 0 Å². The van der Waals surface area contributed by atoms with E-state index in [4.69, 9.17) is 9.47 Å². The first-order valence-electron chi connectivity index (χ1n) is 8.85. The fourth-order valence-electron chi connectivity index (χ4n) is 2.98. The van der Waals surface area contributed by atoms with Gasteiger partial charge in [-0.05, 0) is 35.2 Å². The van der Waals surface area contributed by atoms with Crippen LogP contribution in [-0.2, 0) is 5.41 Å². The van der Waals surface area contributed by atoms with Gasteiger partial charge in [-0.25, -0.2) is 4.98 Å². The van der Waals surface area contributed by atoms with Crippen molar-refractivity contribution in [3.8, 4) is 11.5 Å². The van der Waals surface area contributed by atoms with Crippen LogP contribution in [0.4, 0.5) is 23.1 Å². The first-order chi connectivity index (χ1) is 13.0. The highest BCUT2D eigenvalue weighted by atomic mass is 16.7. The second kappa shape index (κ2) is 6.79. The van der Waals surface area contributed by atoms with Gasteiger partial charge in [0.1, 0.15) is 5.82 Å². The van der Waals surface area contributed by atoms with Gasteiger partial charge in [-0.2, -0.15) is 4.98 Å². The highest BCUT2D eigenvalue weighted by molar-refractivity contribution is 5.64. The van der Waals surface area contributed by atoms with Crippen LogP contribution in [0.2, 0.25) is 0 Å². The Bertz CT molecular complexity index is 966. The normalized spacial score (nSPS) is 12.7. The Kier molecular flexibility index (Phi) is 4.32. The van der Waals surface area contributed by atoms with Crippen LogP contribution in [0.3, 0.4) is 0 Å². The van der Waals surface area contributed by atoms with Crippen LogP contribution in [0.5, 0.6) is 11.5 Å². The largest absolute Gasteiger partial charge is 0.454 e. The SMILES string of the molecule is CC(C)(C)c1ccccc1Nc1ccnc(Nc2ccc3c(c2)OCO3)n1. The average Bonchev–Trinajstić information content (AvgIpc) is 3.09. The zero-order valence-electron chi connectivity index (χ0n) is 15.6. The summed E-state index contributed by atoms with van der Waals surface area (Å²) in [6, 6.07) is 15.8. The molecule has 1 aliphatic rings. The summed E-state index contributed by atoms with van der Waals surface area (Å²) < 4.78 is 10.7. The minimum absolute atomic E-state index is 0.0319. The molecule has 2 N–H and O–H groups in total. The third-order valence-electron chi connectivity index (χ3n) is 4.28. The van der Waals surface area contributed by atoms with Gasteiger partial charge in [0.25, 0.3) is 0 Å². The quantitative estimate of drug-likeness (QED) is 0.681. The maximum Gasteiger partial charge on any atom is 0.231 e. The molecule has 138 valence electrons. The predicted molar refractivity (Wildman–Crippen MR) is 106 cm³/mol. The molecule has 27 heavy (non-hydrogen) atoms. The average molecular weight is 362 g/mol. The molecule has 6 nitrogen and oxygen atoms in total. The molecule has 0 fully saturated rings. The first kappa shape index (κ1) is 17.1. The van der Waals surface area contributed by atoms with E-state index in [1.807, 2.05) is 30.3 Å². The molecule has 0 atom stereocenters. The van der Waals surface area contributed by atoms with Crippen molar-refractivity contribution in [2.24, 2.45) is 0 Å². The lowest BCUT2D eigenvalue weighted by Crippen LogP contribution is -2.13. The minimum atomic E-state index is 0.0319. The zero-order valence-corrected chi connectivity index (χ0v) is 15.6. The number of nitrogens with zero attached hydrogens (tertiary/aromatic N) is 2. The zero-order chi connectivity index (χ0) is 18.9. The van der Waals surface area contributed by atoms with Crippen LogP contribution < -0.4 is 20.1 Å². The maximum atomic E-state index is 5.41. The lowest BCUT2D eigenvalue weighted by molar-refractivity contribution is 0.174. The Morgan fingerprint density at radius 3 is 2.59 bits per heavy atom. The maximum absolute atomic E-state index is 5.41. The van der Waals surface area contributed by atoms with E-state index < -0.39 is 0 Å². The molecular weight excluding hydrogens is 340 g/mol. The Morgan fingerprint density at radius 1 is 0.926 bits per heavy atom. The van der Waals surface area contributed by atoms with E-state index in [9.17, 15) is 0 Å². The lowest BCUT2D eigenvalue weighted by Gasteiger charge is -2.23. The third-order valence-corrected chi connectivity index (χ3v) is 4.28. The van der Waals surface area contributed by atoms with Gasteiger partial charge in [0, 0.05) is 23.6 Å². The number of rotatable bonds is 4. The van der Waals surface area contributed by atoms with Gasteiger partial charge in [-0.15, -0.1) is 0 Å². The van der Waals surface area contributed by atoms with Gasteiger partial charge in [0.05, 0.1) is 0 Å². The van der Waals surface area contributed by atoms with E-state index >= 15 is 0 Å². The summed E-state index contributed by atoms with van der Waals surface area (Å²) in [5.41, 5.74) is 3.14. The molecule has 2 aromatic carbocycles. The summed E-state index contributed by atoms with van der Waals surface area (Å²) in [4.78, 5) is 8.88. The van der Waals surface area contributed by atoms with Crippen LogP contribution in [0.1, 0.15) is 26.3 Å². The van der Waals surface area contributed by atoms with Gasteiger partial charge in [0.2, 0.25) is 12.7 Å². The van der Waals surface area contributed by atoms with Gasteiger partial charge in [-0.3, -0.25) is 0 Å². The fourth-order valence-corrected chi connectivity index (χ4v) is 2.98. The van der Waals surface area contributed by atoms with Crippen molar-refractivity contribution in [1.82, 2.24) is 9.97 Å². The molecule has 0 saturated heterocycles. The number of anilines is 4. The molecule has 0 saturated carbocycles. The molecular formula is C21H22N4O2. The first-order valence-corrected chi connectivity index (χ1v) is 8.85. The van der Waals surface area contributed by atoms with E-state index in [0.29, 0.717) is 11.7 Å². The van der Waals surface area contributed by atoms with Crippen molar-refractivity contribution in [2.45, 2.75) is 26.2 Å². The van der Waals surface area contributed by atoms with Crippen molar-refractivity contribution >= 4 is 23.1 Å². The van der Waals surface area contributed by atoms with Crippen molar-refractivity contribution in [3.05, 3.63) is 60.3 Å². The van der Waals surface area contributed by atoms with Crippen molar-refractivity contribution in [1.29, 1.82) is 0 Å². The molecule has 0 bridgehead atoms. The Hall–Kier alpha value is -3.28. The molecule has 0 unspecified atom stereocenters. The van der Waals surface area contributed by atoms with Gasteiger partial charge < -0.3 is 20.1 Å². The van der Waals surface area contributed by atoms with E-state index in [1.54, 1.807) is 6.20 Å². The summed E-state index contributed by atoms with van der Waals surface area (Å²) in [5.74, 6) is 2.70. The van der Waals surface area contributed by atoms with Crippen LogP contribution in [0.25, 0.3) is 0 Å². The number of aromatic nitrogens is 2. The summed E-state index contributed by atoms with van der Waals surface area (Å²) >= 11 is 0. The van der Waals surface area contributed by atoms with E-state index in [0.717, 1.165) is 22.9 Å². The van der Waals surface area contributed by atoms with Crippen LogP contribution in [-0.4, -0.2) is 16.8 Å². The van der Waals surface area contributed by atoms with Crippen LogP contribution in [0.15, 0.2) is 54.7 Å². The number of benzene rings is 2. The Morgan fingerprint density at radius 2 is 1.74 bits per heavy atom. The van der Waals surface area contributed by atoms with Gasteiger partial charge >= 0.3 is 0 Å². The standard InChI is InChI=1S/C21H22N4O2/c1-21(2,3)15-6-4-5-7-16(15)24-19-10-11-22-20(25-19)23-14-8-9-17-18(12-14)27-13-26-17/h4-12H,13H2,1-3H3,(H2,22,23,24,25). The van der Waals surface area contributed by atoms with Gasteiger partial charge in [0.15, 0.2) is 11.5 Å². The Labute approximate surface area is 158 Å². The monoisotopic (exact) mass is 362 g/mol. The predicted octanol–water partition coefficient (Wildman–Crippen LogP) is 4.99. The minimum Gasteiger partial charge on any atom is -0.454 e. The molecule has 1 aromatic heterocycles. The lowest BCUT2D eigenvalue weighted by atomic mass is 9.86. The number of para-hydroxylation sites is 1. The molecule has 4 rings (SSSR count). The topological polar surface area (TPSA) is 68.3 Å². The molecule has 1 aliphatic heterocycles. The number of ether oxygens (including phenoxy) is 2. The number of fused-ring (bicyclic) bond motifs is 1. The summed E-state index contributed by atoms with van der Waals surface area (Å²) in [6.45, 7) is 6.84. The Balaban J connectivity index is 1.55. The molecule has 0 spiro atoms. The molecule has 2 heterocycles. The summed E-state index contributed by atoms with van der Waals surface area (Å²) in [5, 5.41) is 6.62. The molecule has 0 radical (unpaired) electrons. The highest BCUT2D eigenvalue weighted by Gasteiger charge is 2.18. The van der Waals surface area contributed by atoms with Crippen molar-refractivity contribution in [2.75, 3.05) is 17.4 Å². The smallest absolute Gasteiger partial charge is 0.231 e. The van der Waals surface area contributed by atoms with E-state index in [-0.39, 0.29) is 12.2 Å². The molecule has 6 heteroatoms. The molecule has 3 aromatic rings. The van der Waals surface area contributed by atoms with E-state index in [2.05, 4.69) is 59.6 Å². The summed E-state index contributed by atoms with van der Waals surface area (Å²) in [7, 11) is 0. The second-order valence-corrected chi connectivity index (χ2v) is 7.38. The number of nitrogens with one attached hydrogen (secondary N) is 2. The number of hydrogen-bond acceptors (Lipinski definition) is 6. The van der Waals surface area contributed by atoms with E-state index in [1.165, 1.54) is 5.56 Å². The highest BCUT2D eigenvalue weighted by Crippen LogP contribution is 2.35. The van der Waals surface area contributed by atoms with Crippen molar-refractivity contribution < 1.29 is 9.47 Å². The second-order valence-electron chi connectivity index (χ2n) is 7.38. The fraction of sp³-hybridized carbons (Fsp3) is 0.238. The third kappa shape index (κ3) is 3.79. The number of hydrogen-bond donors (Lipinski definition) is 2.